The molecule has 6 heteroatoms. The average Bonchev–Trinajstić information content (AvgIpc) is 3.11. The highest BCUT2D eigenvalue weighted by molar-refractivity contribution is 7.98. The molecular formula is C23H21N3O2S. The van der Waals surface area contributed by atoms with Crippen molar-refractivity contribution in [2.75, 3.05) is 7.11 Å². The number of carbonyl (C=O) groups excluding carboxylic acids is 1. The van der Waals surface area contributed by atoms with Gasteiger partial charge in [-0.2, -0.15) is 0 Å². The van der Waals surface area contributed by atoms with Crippen LogP contribution >= 0.6 is 11.8 Å². The zero-order valence-corrected chi connectivity index (χ0v) is 17.1. The molecule has 0 saturated heterocycles. The van der Waals surface area contributed by atoms with Crippen LogP contribution in [0.3, 0.4) is 0 Å². The summed E-state index contributed by atoms with van der Waals surface area (Å²) in [6.07, 6.45) is 3.61. The molecule has 0 radical (unpaired) electrons. The predicted octanol–water partition coefficient (Wildman–Crippen LogP) is 4.87. The molecule has 0 bridgehead atoms. The fraction of sp³-hybridized carbons (Fsp3) is 0.174. The van der Waals surface area contributed by atoms with Crippen LogP contribution in [0.2, 0.25) is 0 Å². The van der Waals surface area contributed by atoms with Crippen molar-refractivity contribution in [2.24, 2.45) is 0 Å². The van der Waals surface area contributed by atoms with Crippen molar-refractivity contribution in [3.63, 3.8) is 0 Å². The molecule has 4 aromatic rings. The molecule has 29 heavy (non-hydrogen) atoms. The molecule has 0 aliphatic rings. The van der Waals surface area contributed by atoms with Crippen molar-refractivity contribution in [1.29, 1.82) is 0 Å². The minimum atomic E-state index is -0.330. The summed E-state index contributed by atoms with van der Waals surface area (Å²) in [6.45, 7) is 2.74. The van der Waals surface area contributed by atoms with Crippen LogP contribution in [0.5, 0.6) is 0 Å². The first-order valence-electron chi connectivity index (χ1n) is 9.30. The highest BCUT2D eigenvalue weighted by Crippen LogP contribution is 2.27. The summed E-state index contributed by atoms with van der Waals surface area (Å²) < 4.78 is 6.95. The molecule has 0 aliphatic heterocycles. The maximum absolute atomic E-state index is 11.7. The Morgan fingerprint density at radius 1 is 1.03 bits per heavy atom. The Morgan fingerprint density at radius 2 is 1.76 bits per heavy atom. The minimum absolute atomic E-state index is 0.330. The van der Waals surface area contributed by atoms with Gasteiger partial charge in [0.1, 0.15) is 0 Å². The van der Waals surface area contributed by atoms with Gasteiger partial charge in [0, 0.05) is 11.9 Å². The highest BCUT2D eigenvalue weighted by Gasteiger charge is 2.13. The molecular weight excluding hydrogens is 382 g/mol. The number of thioether (sulfide) groups is 1. The van der Waals surface area contributed by atoms with E-state index in [2.05, 4.69) is 40.7 Å². The number of ether oxygens (including phenoxy) is 1. The Labute approximate surface area is 173 Å². The van der Waals surface area contributed by atoms with Crippen molar-refractivity contribution in [3.05, 3.63) is 89.2 Å². The van der Waals surface area contributed by atoms with Gasteiger partial charge in [0.05, 0.1) is 36.4 Å². The summed E-state index contributed by atoms with van der Waals surface area (Å²) in [6, 6.07) is 18.0. The molecule has 5 nitrogen and oxygen atoms in total. The Balaban J connectivity index is 1.61. The van der Waals surface area contributed by atoms with Crippen LogP contribution in [0.15, 0.2) is 72.1 Å². The smallest absolute Gasteiger partial charge is 0.337 e. The highest BCUT2D eigenvalue weighted by atomic mass is 32.2. The first-order chi connectivity index (χ1) is 14.1. The van der Waals surface area contributed by atoms with Gasteiger partial charge < -0.3 is 9.30 Å². The second-order valence-corrected chi connectivity index (χ2v) is 7.75. The summed E-state index contributed by atoms with van der Waals surface area (Å²) in [5, 5.41) is 0.950. The lowest BCUT2D eigenvalue weighted by atomic mass is 10.1. The van der Waals surface area contributed by atoms with Gasteiger partial charge in [-0.3, -0.25) is 4.98 Å². The van der Waals surface area contributed by atoms with Crippen molar-refractivity contribution >= 4 is 28.8 Å². The standard InChI is InChI=1S/C23H21N3O2S/c1-16-3-5-18(6-4-16)15-29-23-25-20-11-12-24-13-21(20)26(23)14-17-7-9-19(10-8-17)22(27)28-2/h3-13H,14-15H2,1-2H3. The first-order valence-corrected chi connectivity index (χ1v) is 10.3. The van der Waals surface area contributed by atoms with E-state index < -0.39 is 0 Å². The molecule has 2 aromatic heterocycles. The topological polar surface area (TPSA) is 57.0 Å². The van der Waals surface area contributed by atoms with E-state index in [0.29, 0.717) is 12.1 Å². The number of imidazole rings is 1. The molecule has 2 heterocycles. The van der Waals surface area contributed by atoms with Gasteiger partial charge in [-0.1, -0.05) is 53.7 Å². The third-order valence-electron chi connectivity index (χ3n) is 4.72. The molecule has 146 valence electrons. The normalized spacial score (nSPS) is 11.0. The number of rotatable bonds is 6. The minimum Gasteiger partial charge on any atom is -0.465 e. The summed E-state index contributed by atoms with van der Waals surface area (Å²) in [7, 11) is 1.39. The molecule has 0 aliphatic carbocycles. The van der Waals surface area contributed by atoms with E-state index in [0.717, 1.165) is 27.5 Å². The second-order valence-electron chi connectivity index (χ2n) is 6.81. The largest absolute Gasteiger partial charge is 0.465 e. The Bertz CT molecular complexity index is 1140. The fourth-order valence-electron chi connectivity index (χ4n) is 3.09. The van der Waals surface area contributed by atoms with E-state index in [4.69, 9.17) is 9.72 Å². The average molecular weight is 404 g/mol. The van der Waals surface area contributed by atoms with Crippen LogP contribution in [-0.2, 0) is 17.0 Å². The van der Waals surface area contributed by atoms with Gasteiger partial charge >= 0.3 is 5.97 Å². The summed E-state index contributed by atoms with van der Waals surface area (Å²) in [5.74, 6) is 0.515. The molecule has 0 saturated carbocycles. The van der Waals surface area contributed by atoms with Gasteiger partial charge in [0.2, 0.25) is 0 Å². The third kappa shape index (κ3) is 4.32. The number of hydrogen-bond acceptors (Lipinski definition) is 5. The molecule has 0 atom stereocenters. The van der Waals surface area contributed by atoms with E-state index >= 15 is 0 Å². The van der Waals surface area contributed by atoms with Gasteiger partial charge in [0.25, 0.3) is 0 Å². The van der Waals surface area contributed by atoms with Crippen molar-refractivity contribution in [3.8, 4) is 0 Å². The van der Waals surface area contributed by atoms with E-state index in [9.17, 15) is 4.79 Å². The van der Waals surface area contributed by atoms with Gasteiger partial charge in [0.15, 0.2) is 5.16 Å². The first kappa shape index (κ1) is 19.2. The molecule has 0 fully saturated rings. The van der Waals surface area contributed by atoms with E-state index in [-0.39, 0.29) is 5.97 Å². The molecule has 2 aromatic carbocycles. The van der Waals surface area contributed by atoms with Gasteiger partial charge in [-0.15, -0.1) is 0 Å². The van der Waals surface area contributed by atoms with Crippen molar-refractivity contribution in [2.45, 2.75) is 24.4 Å². The maximum Gasteiger partial charge on any atom is 0.337 e. The number of benzene rings is 2. The third-order valence-corrected chi connectivity index (χ3v) is 5.77. The second kappa shape index (κ2) is 8.49. The van der Waals surface area contributed by atoms with Crippen molar-refractivity contribution in [1.82, 2.24) is 14.5 Å². The number of carbonyl (C=O) groups is 1. The van der Waals surface area contributed by atoms with E-state index in [1.165, 1.54) is 18.2 Å². The number of fused-ring (bicyclic) bond motifs is 1. The van der Waals surface area contributed by atoms with Crippen molar-refractivity contribution < 1.29 is 9.53 Å². The SMILES string of the molecule is COC(=O)c1ccc(Cn2c(SCc3ccc(C)cc3)nc3ccncc32)cc1. The summed E-state index contributed by atoms with van der Waals surface area (Å²) in [4.78, 5) is 20.7. The number of aromatic nitrogens is 3. The lowest BCUT2D eigenvalue weighted by molar-refractivity contribution is 0.0600. The van der Waals surface area contributed by atoms with Crippen LogP contribution in [0.4, 0.5) is 0 Å². The zero-order valence-electron chi connectivity index (χ0n) is 16.3. The van der Waals surface area contributed by atoms with Crippen LogP contribution < -0.4 is 0 Å². The van der Waals surface area contributed by atoms with E-state index in [1.54, 1.807) is 30.1 Å². The monoisotopic (exact) mass is 403 g/mol. The molecule has 0 N–H and O–H groups in total. The van der Waals surface area contributed by atoms with Gasteiger partial charge in [-0.25, -0.2) is 9.78 Å². The Kier molecular flexibility index (Phi) is 5.62. The van der Waals surface area contributed by atoms with E-state index in [1.807, 2.05) is 24.4 Å². The van der Waals surface area contributed by atoms with Crippen LogP contribution in [0, 0.1) is 6.92 Å². The Morgan fingerprint density at radius 3 is 2.48 bits per heavy atom. The number of hydrogen-bond donors (Lipinski definition) is 0. The number of pyridine rings is 1. The number of methoxy groups -OCH3 is 1. The number of nitrogens with zero attached hydrogens (tertiary/aromatic N) is 3. The van der Waals surface area contributed by atoms with Gasteiger partial charge in [-0.05, 0) is 36.2 Å². The number of aryl methyl sites for hydroxylation is 1. The Hall–Kier alpha value is -3.12. The molecule has 0 spiro atoms. The summed E-state index contributed by atoms with van der Waals surface area (Å²) >= 11 is 1.71. The van der Waals surface area contributed by atoms with Crippen LogP contribution in [0.25, 0.3) is 11.0 Å². The number of esters is 1. The van der Waals surface area contributed by atoms with Crippen LogP contribution in [0.1, 0.15) is 27.0 Å². The fourth-order valence-corrected chi connectivity index (χ4v) is 4.06. The molecule has 4 rings (SSSR count). The molecule has 0 amide bonds. The quantitative estimate of drug-likeness (QED) is 0.340. The molecule has 0 unspecified atom stereocenters. The lowest BCUT2D eigenvalue weighted by Gasteiger charge is -2.10. The zero-order chi connectivity index (χ0) is 20.2. The van der Waals surface area contributed by atoms with Crippen LogP contribution in [-0.4, -0.2) is 27.6 Å². The lowest BCUT2D eigenvalue weighted by Crippen LogP contribution is -2.04. The predicted molar refractivity (Wildman–Crippen MR) is 115 cm³/mol. The maximum atomic E-state index is 11.7. The summed E-state index contributed by atoms with van der Waals surface area (Å²) in [5.41, 5.74) is 6.07.